The van der Waals surface area contributed by atoms with Gasteiger partial charge in [-0.1, -0.05) is 6.42 Å². The Kier molecular flexibility index (Phi) is 4.02. The highest BCUT2D eigenvalue weighted by Crippen LogP contribution is 2.20. The molecule has 0 aliphatic heterocycles. The minimum atomic E-state index is -0.476. The standard InChI is InChI=1S/C9H17NO3/c1-2-10-9(12)13-8-6-4-3-5-7(8)11/h7-8,11H,2-6H2,1H3,(H,10,12)/t7-,8+/m1/s1. The third-order valence-electron chi connectivity index (χ3n) is 2.25. The van der Waals surface area contributed by atoms with Crippen LogP contribution in [0.4, 0.5) is 4.79 Å². The van der Waals surface area contributed by atoms with Crippen molar-refractivity contribution in [3.8, 4) is 0 Å². The zero-order valence-electron chi connectivity index (χ0n) is 7.95. The Morgan fingerprint density at radius 3 is 2.85 bits per heavy atom. The predicted octanol–water partition coefficient (Wildman–Crippen LogP) is 1.04. The maximum absolute atomic E-state index is 11.0. The minimum Gasteiger partial charge on any atom is -0.443 e. The van der Waals surface area contributed by atoms with E-state index in [0.717, 1.165) is 25.7 Å². The Morgan fingerprint density at radius 1 is 1.54 bits per heavy atom. The highest BCUT2D eigenvalue weighted by Gasteiger charge is 2.25. The number of rotatable bonds is 2. The molecular weight excluding hydrogens is 170 g/mol. The SMILES string of the molecule is CCNC(=O)O[C@H]1CCCC[C@H]1O. The predicted molar refractivity (Wildman–Crippen MR) is 48.4 cm³/mol. The molecule has 76 valence electrons. The molecule has 0 aromatic heterocycles. The van der Waals surface area contributed by atoms with Gasteiger partial charge in [0, 0.05) is 6.54 Å². The summed E-state index contributed by atoms with van der Waals surface area (Å²) in [6, 6.07) is 0. The molecule has 1 amide bonds. The number of ether oxygens (including phenoxy) is 1. The van der Waals surface area contributed by atoms with Crippen molar-refractivity contribution < 1.29 is 14.6 Å². The van der Waals surface area contributed by atoms with Crippen molar-refractivity contribution in [3.05, 3.63) is 0 Å². The van der Waals surface area contributed by atoms with Gasteiger partial charge in [-0.15, -0.1) is 0 Å². The van der Waals surface area contributed by atoms with E-state index in [1.165, 1.54) is 0 Å². The summed E-state index contributed by atoms with van der Waals surface area (Å²) in [6.07, 6.45) is 2.37. The smallest absolute Gasteiger partial charge is 0.407 e. The maximum atomic E-state index is 11.0. The van der Waals surface area contributed by atoms with E-state index >= 15 is 0 Å². The first-order valence-electron chi connectivity index (χ1n) is 4.86. The molecule has 2 N–H and O–H groups in total. The first-order chi connectivity index (χ1) is 6.24. The molecule has 0 radical (unpaired) electrons. The van der Waals surface area contributed by atoms with E-state index in [4.69, 9.17) is 4.74 Å². The molecule has 0 spiro atoms. The van der Waals surface area contributed by atoms with E-state index in [1.54, 1.807) is 0 Å². The number of amides is 1. The van der Waals surface area contributed by atoms with E-state index in [0.29, 0.717) is 6.54 Å². The lowest BCUT2D eigenvalue weighted by Crippen LogP contribution is -2.37. The van der Waals surface area contributed by atoms with Gasteiger partial charge in [0.25, 0.3) is 0 Å². The van der Waals surface area contributed by atoms with Crippen LogP contribution in [0.2, 0.25) is 0 Å². The molecule has 1 saturated carbocycles. The van der Waals surface area contributed by atoms with Gasteiger partial charge in [-0.25, -0.2) is 4.79 Å². The molecule has 1 aliphatic rings. The molecule has 0 bridgehead atoms. The summed E-state index contributed by atoms with van der Waals surface area (Å²) in [4.78, 5) is 11.0. The van der Waals surface area contributed by atoms with Crippen molar-refractivity contribution in [2.45, 2.75) is 44.8 Å². The van der Waals surface area contributed by atoms with Crippen molar-refractivity contribution >= 4 is 6.09 Å². The number of alkyl carbamates (subject to hydrolysis) is 1. The van der Waals surface area contributed by atoms with Crippen LogP contribution in [0, 0.1) is 0 Å². The Balaban J connectivity index is 2.29. The van der Waals surface area contributed by atoms with E-state index in [2.05, 4.69) is 5.32 Å². The second-order valence-electron chi connectivity index (χ2n) is 3.33. The fourth-order valence-electron chi connectivity index (χ4n) is 1.54. The summed E-state index contributed by atoms with van der Waals surface area (Å²) in [5.41, 5.74) is 0. The summed E-state index contributed by atoms with van der Waals surface area (Å²) < 4.78 is 5.04. The molecule has 0 aromatic carbocycles. The summed E-state index contributed by atoms with van der Waals surface area (Å²) >= 11 is 0. The van der Waals surface area contributed by atoms with Crippen LogP contribution in [-0.4, -0.2) is 30.0 Å². The second kappa shape index (κ2) is 5.07. The van der Waals surface area contributed by atoms with E-state index in [1.807, 2.05) is 6.92 Å². The van der Waals surface area contributed by atoms with Crippen molar-refractivity contribution in [1.82, 2.24) is 5.32 Å². The molecule has 0 unspecified atom stereocenters. The van der Waals surface area contributed by atoms with E-state index < -0.39 is 12.2 Å². The number of hydrogen-bond donors (Lipinski definition) is 2. The van der Waals surface area contributed by atoms with Gasteiger partial charge in [-0.05, 0) is 26.2 Å². The molecule has 4 heteroatoms. The summed E-state index contributed by atoms with van der Waals surface area (Å²) in [5.74, 6) is 0. The number of carbonyl (C=O) groups is 1. The molecule has 0 heterocycles. The molecule has 1 rings (SSSR count). The topological polar surface area (TPSA) is 58.6 Å². The minimum absolute atomic E-state index is 0.305. The van der Waals surface area contributed by atoms with E-state index in [9.17, 15) is 9.90 Å². The number of aliphatic hydroxyl groups excluding tert-OH is 1. The molecular formula is C9H17NO3. The molecule has 0 saturated heterocycles. The molecule has 2 atom stereocenters. The highest BCUT2D eigenvalue weighted by molar-refractivity contribution is 5.67. The molecule has 0 aromatic rings. The lowest BCUT2D eigenvalue weighted by Gasteiger charge is -2.27. The van der Waals surface area contributed by atoms with Crippen LogP contribution in [-0.2, 0) is 4.74 Å². The maximum Gasteiger partial charge on any atom is 0.407 e. The average Bonchev–Trinajstić information content (AvgIpc) is 2.09. The van der Waals surface area contributed by atoms with Crippen LogP contribution in [0.3, 0.4) is 0 Å². The Labute approximate surface area is 78.3 Å². The number of hydrogen-bond acceptors (Lipinski definition) is 3. The zero-order valence-corrected chi connectivity index (χ0v) is 7.95. The first-order valence-corrected chi connectivity index (χ1v) is 4.86. The Hall–Kier alpha value is -0.770. The lowest BCUT2D eigenvalue weighted by molar-refractivity contribution is -0.0209. The monoisotopic (exact) mass is 187 g/mol. The summed E-state index contributed by atoms with van der Waals surface area (Å²) in [6.45, 7) is 2.39. The molecule has 1 fully saturated rings. The summed E-state index contributed by atoms with van der Waals surface area (Å²) in [5, 5.41) is 12.0. The van der Waals surface area contributed by atoms with Gasteiger partial charge in [0.1, 0.15) is 6.10 Å². The third kappa shape index (κ3) is 3.22. The van der Waals surface area contributed by atoms with Crippen LogP contribution < -0.4 is 5.32 Å². The second-order valence-corrected chi connectivity index (χ2v) is 3.33. The van der Waals surface area contributed by atoms with E-state index in [-0.39, 0.29) is 6.10 Å². The fourth-order valence-corrected chi connectivity index (χ4v) is 1.54. The average molecular weight is 187 g/mol. The van der Waals surface area contributed by atoms with Crippen LogP contribution in [0.15, 0.2) is 0 Å². The van der Waals surface area contributed by atoms with Crippen molar-refractivity contribution in [2.24, 2.45) is 0 Å². The van der Waals surface area contributed by atoms with Gasteiger partial charge in [0.2, 0.25) is 0 Å². The number of carbonyl (C=O) groups excluding carboxylic acids is 1. The van der Waals surface area contributed by atoms with Gasteiger partial charge in [0.15, 0.2) is 0 Å². The fraction of sp³-hybridized carbons (Fsp3) is 0.889. The van der Waals surface area contributed by atoms with Crippen molar-refractivity contribution in [2.75, 3.05) is 6.54 Å². The Bertz CT molecular complexity index is 172. The zero-order chi connectivity index (χ0) is 9.68. The van der Waals surface area contributed by atoms with Gasteiger partial charge in [-0.3, -0.25) is 0 Å². The molecule has 13 heavy (non-hydrogen) atoms. The highest BCUT2D eigenvalue weighted by atomic mass is 16.6. The molecule has 4 nitrogen and oxygen atoms in total. The van der Waals surface area contributed by atoms with Crippen LogP contribution in [0.25, 0.3) is 0 Å². The quantitative estimate of drug-likeness (QED) is 0.679. The van der Waals surface area contributed by atoms with Crippen LogP contribution >= 0.6 is 0 Å². The molecule has 1 aliphatic carbocycles. The lowest BCUT2D eigenvalue weighted by atomic mass is 9.95. The number of aliphatic hydroxyl groups is 1. The first kappa shape index (κ1) is 10.3. The van der Waals surface area contributed by atoms with Gasteiger partial charge < -0.3 is 15.2 Å². The van der Waals surface area contributed by atoms with Crippen molar-refractivity contribution in [3.63, 3.8) is 0 Å². The Morgan fingerprint density at radius 2 is 2.23 bits per heavy atom. The van der Waals surface area contributed by atoms with Gasteiger partial charge in [-0.2, -0.15) is 0 Å². The van der Waals surface area contributed by atoms with Crippen LogP contribution in [0.1, 0.15) is 32.6 Å². The third-order valence-corrected chi connectivity index (χ3v) is 2.25. The normalized spacial score (nSPS) is 28.2. The summed E-state index contributed by atoms with van der Waals surface area (Å²) in [7, 11) is 0. The number of nitrogens with one attached hydrogen (secondary N) is 1. The van der Waals surface area contributed by atoms with Gasteiger partial charge in [0.05, 0.1) is 6.10 Å². The largest absolute Gasteiger partial charge is 0.443 e. The van der Waals surface area contributed by atoms with Crippen molar-refractivity contribution in [1.29, 1.82) is 0 Å². The van der Waals surface area contributed by atoms with Gasteiger partial charge >= 0.3 is 6.09 Å². The van der Waals surface area contributed by atoms with Crippen LogP contribution in [0.5, 0.6) is 0 Å².